The maximum atomic E-state index is 5.45. The van der Waals surface area contributed by atoms with Gasteiger partial charge in [-0.1, -0.05) is 0 Å². The van der Waals surface area contributed by atoms with Crippen LogP contribution in [0.4, 0.5) is 0 Å². The van der Waals surface area contributed by atoms with Gasteiger partial charge < -0.3 is 19.7 Å². The van der Waals surface area contributed by atoms with Gasteiger partial charge in [-0.05, 0) is 50.7 Å². The fourth-order valence-corrected chi connectivity index (χ4v) is 2.03. The van der Waals surface area contributed by atoms with Crippen LogP contribution in [0.25, 0.3) is 0 Å². The lowest BCUT2D eigenvalue weighted by atomic mass is 10.1. The van der Waals surface area contributed by atoms with Crippen molar-refractivity contribution >= 4 is 0 Å². The van der Waals surface area contributed by atoms with Crippen molar-refractivity contribution in [2.75, 3.05) is 47.9 Å². The first-order valence-corrected chi connectivity index (χ1v) is 6.67. The average molecular weight is 266 g/mol. The lowest BCUT2D eigenvalue weighted by molar-refractivity contribution is 0.335. The number of benzene rings is 1. The third kappa shape index (κ3) is 4.73. The Hall–Kier alpha value is -1.26. The molecule has 0 radical (unpaired) electrons. The second kappa shape index (κ2) is 8.02. The van der Waals surface area contributed by atoms with Crippen molar-refractivity contribution in [2.24, 2.45) is 0 Å². The average Bonchev–Trinajstić information content (AvgIpc) is 2.43. The van der Waals surface area contributed by atoms with E-state index >= 15 is 0 Å². The van der Waals surface area contributed by atoms with Crippen LogP contribution in [0, 0.1) is 6.92 Å². The molecule has 0 bridgehead atoms. The molecule has 0 unspecified atom stereocenters. The van der Waals surface area contributed by atoms with Crippen LogP contribution in [0.5, 0.6) is 11.5 Å². The molecule has 0 saturated carbocycles. The van der Waals surface area contributed by atoms with Crippen LogP contribution >= 0.6 is 0 Å². The van der Waals surface area contributed by atoms with Crippen molar-refractivity contribution in [3.8, 4) is 11.5 Å². The summed E-state index contributed by atoms with van der Waals surface area (Å²) in [6.45, 7) is 5.08. The monoisotopic (exact) mass is 266 g/mol. The van der Waals surface area contributed by atoms with Crippen molar-refractivity contribution in [3.05, 3.63) is 23.3 Å². The number of aryl methyl sites for hydroxylation is 1. The van der Waals surface area contributed by atoms with E-state index in [2.05, 4.69) is 23.3 Å². The van der Waals surface area contributed by atoms with Gasteiger partial charge in [0, 0.05) is 19.6 Å². The third-order valence-electron chi connectivity index (χ3n) is 3.30. The normalized spacial score (nSPS) is 10.8. The smallest absolute Gasteiger partial charge is 0.122 e. The summed E-state index contributed by atoms with van der Waals surface area (Å²) in [6.07, 6.45) is 0.958. The highest BCUT2D eigenvalue weighted by atomic mass is 16.5. The van der Waals surface area contributed by atoms with E-state index in [0.717, 1.165) is 43.1 Å². The van der Waals surface area contributed by atoms with Gasteiger partial charge >= 0.3 is 0 Å². The molecule has 1 N–H and O–H groups in total. The Morgan fingerprint density at radius 3 is 2.37 bits per heavy atom. The van der Waals surface area contributed by atoms with Gasteiger partial charge in [0.25, 0.3) is 0 Å². The minimum Gasteiger partial charge on any atom is -0.496 e. The fourth-order valence-electron chi connectivity index (χ4n) is 2.03. The first-order chi connectivity index (χ1) is 9.12. The lowest BCUT2D eigenvalue weighted by Crippen LogP contribution is -2.29. The molecule has 19 heavy (non-hydrogen) atoms. The predicted octanol–water partition coefficient (Wildman–Crippen LogP) is 1.71. The Bertz CT molecular complexity index is 394. The van der Waals surface area contributed by atoms with Crippen LogP contribution in [0.15, 0.2) is 12.1 Å². The zero-order valence-electron chi connectivity index (χ0n) is 12.7. The molecule has 0 aromatic heterocycles. The van der Waals surface area contributed by atoms with Gasteiger partial charge in [-0.3, -0.25) is 0 Å². The van der Waals surface area contributed by atoms with Gasteiger partial charge in [0.2, 0.25) is 0 Å². The highest BCUT2D eigenvalue weighted by Gasteiger charge is 2.09. The molecule has 0 saturated heterocycles. The highest BCUT2D eigenvalue weighted by molar-refractivity contribution is 5.46. The minimum atomic E-state index is 0.925. The summed E-state index contributed by atoms with van der Waals surface area (Å²) in [7, 11) is 7.53. The number of hydrogen-bond donors (Lipinski definition) is 1. The Kier molecular flexibility index (Phi) is 6.67. The van der Waals surface area contributed by atoms with Gasteiger partial charge in [-0.15, -0.1) is 0 Å². The fraction of sp³-hybridized carbons (Fsp3) is 0.600. The zero-order chi connectivity index (χ0) is 14.3. The highest BCUT2D eigenvalue weighted by Crippen LogP contribution is 2.28. The Morgan fingerprint density at radius 2 is 1.79 bits per heavy atom. The third-order valence-corrected chi connectivity index (χ3v) is 3.30. The molecule has 0 atom stereocenters. The molecule has 1 aromatic carbocycles. The number of rotatable bonds is 8. The van der Waals surface area contributed by atoms with E-state index in [1.165, 1.54) is 5.56 Å². The molecule has 1 aromatic rings. The predicted molar refractivity (Wildman–Crippen MR) is 79.4 cm³/mol. The molecule has 0 spiro atoms. The summed E-state index contributed by atoms with van der Waals surface area (Å²) < 4.78 is 10.8. The van der Waals surface area contributed by atoms with E-state index in [1.807, 2.05) is 20.0 Å². The quantitative estimate of drug-likeness (QED) is 0.776. The largest absolute Gasteiger partial charge is 0.496 e. The molecule has 0 aliphatic rings. The first kappa shape index (κ1) is 15.8. The van der Waals surface area contributed by atoms with Crippen LogP contribution in [0.3, 0.4) is 0 Å². The number of likely N-dealkylation sites (N-methyl/N-ethyl adjacent to an activating group) is 2. The number of ether oxygens (including phenoxy) is 2. The lowest BCUT2D eigenvalue weighted by Gasteiger charge is -2.18. The van der Waals surface area contributed by atoms with Crippen LogP contribution in [-0.2, 0) is 6.42 Å². The Balaban J connectivity index is 2.70. The van der Waals surface area contributed by atoms with Crippen molar-refractivity contribution in [2.45, 2.75) is 13.3 Å². The maximum Gasteiger partial charge on any atom is 0.122 e. The van der Waals surface area contributed by atoms with E-state index in [4.69, 9.17) is 9.47 Å². The second-order valence-electron chi connectivity index (χ2n) is 4.79. The number of nitrogens with one attached hydrogen (secondary N) is 1. The first-order valence-electron chi connectivity index (χ1n) is 6.67. The molecule has 4 heteroatoms. The van der Waals surface area contributed by atoms with Crippen molar-refractivity contribution < 1.29 is 9.47 Å². The van der Waals surface area contributed by atoms with Gasteiger partial charge in [0.15, 0.2) is 0 Å². The summed E-state index contributed by atoms with van der Waals surface area (Å²) in [6, 6.07) is 4.13. The maximum absolute atomic E-state index is 5.45. The molecule has 0 fully saturated rings. The minimum absolute atomic E-state index is 0.925. The topological polar surface area (TPSA) is 33.7 Å². The standard InChI is InChI=1S/C15H26N2O2/c1-12-10-15(19-5)13(11-14(12)18-4)6-8-17(3)9-7-16-2/h10-11,16H,6-9H2,1-5H3. The molecule has 0 aliphatic carbocycles. The summed E-state index contributed by atoms with van der Waals surface area (Å²) >= 11 is 0. The summed E-state index contributed by atoms with van der Waals surface area (Å²) in [5.74, 6) is 1.87. The summed E-state index contributed by atoms with van der Waals surface area (Å²) in [4.78, 5) is 2.31. The Labute approximate surface area is 116 Å². The second-order valence-corrected chi connectivity index (χ2v) is 4.79. The summed E-state index contributed by atoms with van der Waals surface area (Å²) in [5, 5.41) is 3.16. The molecule has 4 nitrogen and oxygen atoms in total. The van der Waals surface area contributed by atoms with Crippen molar-refractivity contribution in [1.29, 1.82) is 0 Å². The zero-order valence-corrected chi connectivity index (χ0v) is 12.7. The van der Waals surface area contributed by atoms with E-state index in [0.29, 0.717) is 0 Å². The van der Waals surface area contributed by atoms with E-state index in [-0.39, 0.29) is 0 Å². The SMILES string of the molecule is CNCCN(C)CCc1cc(OC)c(C)cc1OC. The van der Waals surface area contributed by atoms with Crippen LogP contribution in [0.1, 0.15) is 11.1 Å². The van der Waals surface area contributed by atoms with Crippen molar-refractivity contribution in [3.63, 3.8) is 0 Å². The molecular weight excluding hydrogens is 240 g/mol. The van der Waals surface area contributed by atoms with Crippen LogP contribution in [-0.4, -0.2) is 52.8 Å². The molecule has 0 aliphatic heterocycles. The Morgan fingerprint density at radius 1 is 1.11 bits per heavy atom. The van der Waals surface area contributed by atoms with Crippen LogP contribution < -0.4 is 14.8 Å². The molecular formula is C15H26N2O2. The van der Waals surface area contributed by atoms with Crippen LogP contribution in [0.2, 0.25) is 0 Å². The van der Waals surface area contributed by atoms with E-state index in [1.54, 1.807) is 14.2 Å². The number of methoxy groups -OCH3 is 2. The van der Waals surface area contributed by atoms with Gasteiger partial charge in [0.1, 0.15) is 11.5 Å². The van der Waals surface area contributed by atoms with E-state index < -0.39 is 0 Å². The number of hydrogen-bond acceptors (Lipinski definition) is 4. The molecule has 108 valence electrons. The molecule has 0 amide bonds. The van der Waals surface area contributed by atoms with Gasteiger partial charge in [-0.25, -0.2) is 0 Å². The molecule has 0 heterocycles. The number of nitrogens with zero attached hydrogens (tertiary/aromatic N) is 1. The van der Waals surface area contributed by atoms with Gasteiger partial charge in [0.05, 0.1) is 14.2 Å². The molecule has 1 rings (SSSR count). The summed E-state index contributed by atoms with van der Waals surface area (Å²) in [5.41, 5.74) is 2.30. The van der Waals surface area contributed by atoms with Gasteiger partial charge in [-0.2, -0.15) is 0 Å². The van der Waals surface area contributed by atoms with Crippen molar-refractivity contribution in [1.82, 2.24) is 10.2 Å². The van der Waals surface area contributed by atoms with E-state index in [9.17, 15) is 0 Å².